The van der Waals surface area contributed by atoms with Crippen molar-refractivity contribution in [2.45, 2.75) is 32.2 Å². The molecule has 0 N–H and O–H groups in total. The molecule has 4 rings (SSSR count). The highest BCUT2D eigenvalue weighted by atomic mass is 16.6. The van der Waals surface area contributed by atoms with Gasteiger partial charge in [-0.15, -0.1) is 0 Å². The van der Waals surface area contributed by atoms with Crippen molar-refractivity contribution in [1.82, 2.24) is 9.88 Å². The van der Waals surface area contributed by atoms with E-state index in [4.69, 9.17) is 4.42 Å². The molecule has 6 nitrogen and oxygen atoms in total. The molecule has 0 radical (unpaired) electrons. The van der Waals surface area contributed by atoms with Crippen LogP contribution in [0.15, 0.2) is 46.9 Å². The zero-order chi connectivity index (χ0) is 18.1. The van der Waals surface area contributed by atoms with E-state index in [0.29, 0.717) is 6.54 Å². The molecule has 26 heavy (non-hydrogen) atoms. The van der Waals surface area contributed by atoms with Gasteiger partial charge in [0.1, 0.15) is 5.52 Å². The fourth-order valence-corrected chi connectivity index (χ4v) is 3.75. The fourth-order valence-electron chi connectivity index (χ4n) is 3.75. The maximum atomic E-state index is 11.2. The molecule has 0 saturated carbocycles. The number of nitrogens with zero attached hydrogens (tertiary/aromatic N) is 3. The van der Waals surface area contributed by atoms with Crippen LogP contribution in [0.5, 0.6) is 0 Å². The van der Waals surface area contributed by atoms with Crippen LogP contribution in [0.25, 0.3) is 11.1 Å². The van der Waals surface area contributed by atoms with Gasteiger partial charge in [-0.2, -0.15) is 0 Å². The molecule has 2 aromatic carbocycles. The van der Waals surface area contributed by atoms with Crippen LogP contribution in [-0.4, -0.2) is 27.9 Å². The van der Waals surface area contributed by atoms with Gasteiger partial charge in [-0.1, -0.05) is 24.3 Å². The number of para-hydroxylation sites is 2. The van der Waals surface area contributed by atoms with E-state index in [2.05, 4.69) is 9.88 Å². The van der Waals surface area contributed by atoms with Crippen molar-refractivity contribution in [1.29, 1.82) is 0 Å². The molecule has 1 fully saturated rings. The first-order valence-corrected chi connectivity index (χ1v) is 8.92. The van der Waals surface area contributed by atoms with E-state index in [1.54, 1.807) is 12.1 Å². The number of oxazole rings is 1. The average Bonchev–Trinajstić information content (AvgIpc) is 3.08. The molecule has 6 heteroatoms. The zero-order valence-corrected chi connectivity index (χ0v) is 14.7. The number of rotatable bonds is 4. The lowest BCUT2D eigenvalue weighted by Crippen LogP contribution is -2.34. The van der Waals surface area contributed by atoms with Gasteiger partial charge in [0.15, 0.2) is 11.5 Å². The summed E-state index contributed by atoms with van der Waals surface area (Å²) in [5.74, 6) is 1.06. The average molecular weight is 351 g/mol. The lowest BCUT2D eigenvalue weighted by Gasteiger charge is -2.31. The third-order valence-electron chi connectivity index (χ3n) is 5.17. The number of benzene rings is 2. The summed E-state index contributed by atoms with van der Waals surface area (Å²) in [5.41, 5.74) is 3.68. The Kier molecular flexibility index (Phi) is 4.42. The van der Waals surface area contributed by atoms with Crippen molar-refractivity contribution in [2.24, 2.45) is 0 Å². The number of nitro benzene ring substituents is 1. The number of aromatic nitrogens is 1. The summed E-state index contributed by atoms with van der Waals surface area (Å²) in [7, 11) is 0. The van der Waals surface area contributed by atoms with Gasteiger partial charge < -0.3 is 4.42 Å². The van der Waals surface area contributed by atoms with Crippen LogP contribution in [0.4, 0.5) is 5.69 Å². The standard InChI is InChI=1S/C20H21N3O3/c1-14-15(6-4-9-18(14)23(24)25)12-22-11-5-7-16(13-22)20-21-17-8-2-3-10-19(17)26-20/h2-4,6,8-10,16H,5,7,11-13H2,1H3/t16-/m1/s1. The number of hydrogen-bond donors (Lipinski definition) is 0. The Morgan fingerprint density at radius 3 is 2.92 bits per heavy atom. The van der Waals surface area contributed by atoms with Crippen molar-refractivity contribution < 1.29 is 9.34 Å². The largest absolute Gasteiger partial charge is 0.440 e. The highest BCUT2D eigenvalue weighted by Crippen LogP contribution is 2.30. The van der Waals surface area contributed by atoms with E-state index in [1.807, 2.05) is 37.3 Å². The van der Waals surface area contributed by atoms with E-state index in [9.17, 15) is 10.1 Å². The zero-order valence-electron chi connectivity index (χ0n) is 14.7. The number of hydrogen-bond acceptors (Lipinski definition) is 5. The topological polar surface area (TPSA) is 72.4 Å². The van der Waals surface area contributed by atoms with E-state index >= 15 is 0 Å². The van der Waals surface area contributed by atoms with Crippen LogP contribution in [0, 0.1) is 17.0 Å². The summed E-state index contributed by atoms with van der Waals surface area (Å²) in [6.45, 7) is 4.38. The molecular weight excluding hydrogens is 330 g/mol. The van der Waals surface area contributed by atoms with Crippen molar-refractivity contribution in [3.63, 3.8) is 0 Å². The lowest BCUT2D eigenvalue weighted by atomic mass is 9.97. The summed E-state index contributed by atoms with van der Waals surface area (Å²) in [5, 5.41) is 11.2. The van der Waals surface area contributed by atoms with Crippen molar-refractivity contribution in [2.75, 3.05) is 13.1 Å². The van der Waals surface area contributed by atoms with Crippen LogP contribution in [0.1, 0.15) is 35.8 Å². The van der Waals surface area contributed by atoms with Crippen molar-refractivity contribution in [3.05, 3.63) is 69.6 Å². The molecule has 1 aliphatic heterocycles. The number of nitro groups is 1. The molecule has 1 aliphatic rings. The second-order valence-electron chi connectivity index (χ2n) is 6.91. The SMILES string of the molecule is Cc1c(CN2CCC[C@@H](c3nc4ccccc4o3)C2)cccc1[N+](=O)[O-]. The Morgan fingerprint density at radius 1 is 1.27 bits per heavy atom. The molecular formula is C20H21N3O3. The molecule has 0 aliphatic carbocycles. The molecule has 1 atom stereocenters. The molecule has 0 unspecified atom stereocenters. The minimum atomic E-state index is -0.309. The monoisotopic (exact) mass is 351 g/mol. The summed E-state index contributed by atoms with van der Waals surface area (Å²) in [6.07, 6.45) is 2.12. The molecule has 0 amide bonds. The number of piperidine rings is 1. The Labute approximate surface area is 151 Å². The molecule has 1 saturated heterocycles. The maximum Gasteiger partial charge on any atom is 0.272 e. The van der Waals surface area contributed by atoms with Gasteiger partial charge >= 0.3 is 0 Å². The van der Waals surface area contributed by atoms with Gasteiger partial charge in [0, 0.05) is 30.6 Å². The van der Waals surface area contributed by atoms with Gasteiger partial charge in [0.25, 0.3) is 5.69 Å². The highest BCUT2D eigenvalue weighted by molar-refractivity contribution is 5.72. The van der Waals surface area contributed by atoms with Crippen molar-refractivity contribution in [3.8, 4) is 0 Å². The second-order valence-corrected chi connectivity index (χ2v) is 6.91. The van der Waals surface area contributed by atoms with Crippen molar-refractivity contribution >= 4 is 16.8 Å². The Morgan fingerprint density at radius 2 is 2.12 bits per heavy atom. The molecule has 0 spiro atoms. The molecule has 2 heterocycles. The van der Waals surface area contributed by atoms with E-state index in [-0.39, 0.29) is 16.5 Å². The van der Waals surface area contributed by atoms with Crippen LogP contribution in [-0.2, 0) is 6.54 Å². The summed E-state index contributed by atoms with van der Waals surface area (Å²) < 4.78 is 5.95. The number of likely N-dealkylation sites (tertiary alicyclic amines) is 1. The van der Waals surface area contributed by atoms with Gasteiger partial charge in [0.05, 0.1) is 4.92 Å². The summed E-state index contributed by atoms with van der Waals surface area (Å²) in [6, 6.07) is 13.1. The normalized spacial score (nSPS) is 18.3. The summed E-state index contributed by atoms with van der Waals surface area (Å²) >= 11 is 0. The second kappa shape index (κ2) is 6.88. The smallest absolute Gasteiger partial charge is 0.272 e. The van der Waals surface area contributed by atoms with Gasteiger partial charge in [-0.3, -0.25) is 15.0 Å². The van der Waals surface area contributed by atoms with E-state index < -0.39 is 0 Å². The predicted octanol–water partition coefficient (Wildman–Crippen LogP) is 4.42. The summed E-state index contributed by atoms with van der Waals surface area (Å²) in [4.78, 5) is 17.8. The maximum absolute atomic E-state index is 11.2. The van der Waals surface area contributed by atoms with Crippen LogP contribution >= 0.6 is 0 Å². The van der Waals surface area contributed by atoms with Crippen LogP contribution in [0.2, 0.25) is 0 Å². The highest BCUT2D eigenvalue weighted by Gasteiger charge is 2.26. The number of fused-ring (bicyclic) bond motifs is 1. The molecule has 134 valence electrons. The Hall–Kier alpha value is -2.73. The van der Waals surface area contributed by atoms with Crippen LogP contribution < -0.4 is 0 Å². The molecule has 3 aromatic rings. The van der Waals surface area contributed by atoms with Gasteiger partial charge in [0.2, 0.25) is 0 Å². The first-order chi connectivity index (χ1) is 12.6. The van der Waals surface area contributed by atoms with Gasteiger partial charge in [-0.25, -0.2) is 4.98 Å². The minimum absolute atomic E-state index is 0.190. The first-order valence-electron chi connectivity index (χ1n) is 8.92. The minimum Gasteiger partial charge on any atom is -0.440 e. The lowest BCUT2D eigenvalue weighted by molar-refractivity contribution is -0.385. The quantitative estimate of drug-likeness (QED) is 0.514. The molecule has 1 aromatic heterocycles. The van der Waals surface area contributed by atoms with Crippen LogP contribution in [0.3, 0.4) is 0 Å². The third-order valence-corrected chi connectivity index (χ3v) is 5.17. The van der Waals surface area contributed by atoms with E-state index in [1.165, 1.54) is 0 Å². The first kappa shape index (κ1) is 16.7. The fraction of sp³-hybridized carbons (Fsp3) is 0.350. The predicted molar refractivity (Wildman–Crippen MR) is 99.1 cm³/mol. The van der Waals surface area contributed by atoms with E-state index in [0.717, 1.165) is 54.0 Å². The molecule has 0 bridgehead atoms. The Bertz CT molecular complexity index is 917. The third kappa shape index (κ3) is 3.20. The van der Waals surface area contributed by atoms with Gasteiger partial charge in [-0.05, 0) is 44.0 Å². The Balaban J connectivity index is 1.52.